The van der Waals surface area contributed by atoms with Crippen LogP contribution in [0.4, 0.5) is 5.69 Å². The molecule has 0 unspecified atom stereocenters. The van der Waals surface area contributed by atoms with Crippen LogP contribution < -0.4 is 5.32 Å². The Labute approximate surface area is 115 Å². The summed E-state index contributed by atoms with van der Waals surface area (Å²) >= 11 is 1.31. The smallest absolute Gasteiger partial charge is 0.267 e. The van der Waals surface area contributed by atoms with Crippen molar-refractivity contribution in [2.75, 3.05) is 11.9 Å². The number of carbonyl (C=O) groups is 1. The van der Waals surface area contributed by atoms with E-state index in [2.05, 4.69) is 22.1 Å². The first-order chi connectivity index (χ1) is 9.20. The molecule has 0 aliphatic heterocycles. The van der Waals surface area contributed by atoms with E-state index in [1.165, 1.54) is 11.3 Å². The van der Waals surface area contributed by atoms with Gasteiger partial charge in [-0.05, 0) is 30.5 Å². The molecule has 0 saturated heterocycles. The fourth-order valence-corrected chi connectivity index (χ4v) is 2.19. The Morgan fingerprint density at radius 2 is 2.32 bits per heavy atom. The molecule has 0 aromatic carbocycles. The predicted octanol–water partition coefficient (Wildman–Crippen LogP) is 2.05. The van der Waals surface area contributed by atoms with Gasteiger partial charge < -0.3 is 10.4 Å². The molecule has 2 heterocycles. The first-order valence-corrected chi connectivity index (χ1v) is 6.50. The van der Waals surface area contributed by atoms with Crippen LogP contribution in [0.3, 0.4) is 0 Å². The van der Waals surface area contributed by atoms with Crippen molar-refractivity contribution < 1.29 is 9.90 Å². The van der Waals surface area contributed by atoms with E-state index in [1.54, 1.807) is 23.7 Å². The molecular formula is C14H12N2O2S. The highest BCUT2D eigenvalue weighted by atomic mass is 32.1. The van der Waals surface area contributed by atoms with Gasteiger partial charge in [0.25, 0.3) is 5.91 Å². The van der Waals surface area contributed by atoms with E-state index in [9.17, 15) is 4.79 Å². The predicted molar refractivity (Wildman–Crippen MR) is 75.2 cm³/mol. The van der Waals surface area contributed by atoms with Crippen LogP contribution in [0.15, 0.2) is 29.8 Å². The van der Waals surface area contributed by atoms with E-state index in [1.807, 2.05) is 13.0 Å². The Hall–Kier alpha value is -2.16. The minimum Gasteiger partial charge on any atom is -0.384 e. The van der Waals surface area contributed by atoms with Gasteiger partial charge in [0, 0.05) is 11.3 Å². The number of nitrogens with zero attached hydrogens (tertiary/aromatic N) is 1. The Kier molecular flexibility index (Phi) is 4.29. The summed E-state index contributed by atoms with van der Waals surface area (Å²) < 4.78 is 0. The maximum Gasteiger partial charge on any atom is 0.267 e. The molecular weight excluding hydrogens is 260 g/mol. The topological polar surface area (TPSA) is 62.2 Å². The van der Waals surface area contributed by atoms with Crippen molar-refractivity contribution in [3.8, 4) is 11.8 Å². The number of anilines is 1. The quantitative estimate of drug-likeness (QED) is 0.822. The lowest BCUT2D eigenvalue weighted by Crippen LogP contribution is -2.11. The number of nitrogens with one attached hydrogen (secondary N) is 1. The minimum atomic E-state index is -0.223. The minimum absolute atomic E-state index is 0.220. The van der Waals surface area contributed by atoms with Gasteiger partial charge in [-0.15, -0.1) is 11.3 Å². The molecule has 0 radical (unpaired) electrons. The SMILES string of the molecule is Cc1ccc(NC(=O)c2sccc2C#CCO)cn1. The number of rotatable bonds is 2. The number of hydrogen-bond donors (Lipinski definition) is 2. The zero-order valence-electron chi connectivity index (χ0n) is 10.3. The van der Waals surface area contributed by atoms with Gasteiger partial charge in [0.2, 0.25) is 0 Å². The number of aromatic nitrogens is 1. The molecule has 0 aliphatic carbocycles. The first kappa shape index (κ1) is 13.3. The number of aliphatic hydroxyl groups is 1. The summed E-state index contributed by atoms with van der Waals surface area (Å²) in [6.07, 6.45) is 1.61. The van der Waals surface area contributed by atoms with Crippen molar-refractivity contribution in [3.05, 3.63) is 45.9 Å². The highest BCUT2D eigenvalue weighted by Gasteiger charge is 2.12. The molecule has 0 bridgehead atoms. The van der Waals surface area contributed by atoms with E-state index in [0.717, 1.165) is 5.69 Å². The summed E-state index contributed by atoms with van der Waals surface area (Å²) in [4.78, 5) is 16.7. The van der Waals surface area contributed by atoms with Gasteiger partial charge in [-0.1, -0.05) is 11.8 Å². The molecule has 2 aromatic rings. The fourth-order valence-electron chi connectivity index (χ4n) is 1.45. The molecule has 0 spiro atoms. The average Bonchev–Trinajstić information content (AvgIpc) is 2.87. The van der Waals surface area contributed by atoms with Crippen LogP contribution in [0.5, 0.6) is 0 Å². The molecule has 5 heteroatoms. The monoisotopic (exact) mass is 272 g/mol. The van der Waals surface area contributed by atoms with Crippen LogP contribution in [0, 0.1) is 18.8 Å². The van der Waals surface area contributed by atoms with Gasteiger partial charge in [-0.2, -0.15) is 0 Å². The van der Waals surface area contributed by atoms with Crippen molar-refractivity contribution in [1.29, 1.82) is 0 Å². The summed E-state index contributed by atoms with van der Waals surface area (Å²) in [5.41, 5.74) is 2.16. The van der Waals surface area contributed by atoms with Gasteiger partial charge in [0.15, 0.2) is 0 Å². The van der Waals surface area contributed by atoms with E-state index < -0.39 is 0 Å². The molecule has 0 atom stereocenters. The van der Waals surface area contributed by atoms with E-state index >= 15 is 0 Å². The van der Waals surface area contributed by atoms with Crippen molar-refractivity contribution >= 4 is 22.9 Å². The lowest BCUT2D eigenvalue weighted by Gasteiger charge is -2.03. The molecule has 2 N–H and O–H groups in total. The van der Waals surface area contributed by atoms with Crippen molar-refractivity contribution in [2.24, 2.45) is 0 Å². The molecule has 0 aliphatic rings. The summed E-state index contributed by atoms with van der Waals surface area (Å²) in [5.74, 6) is 5.07. The maximum atomic E-state index is 12.1. The Balaban J connectivity index is 2.16. The second-order valence-electron chi connectivity index (χ2n) is 3.77. The molecule has 4 nitrogen and oxygen atoms in total. The van der Waals surface area contributed by atoms with Gasteiger partial charge >= 0.3 is 0 Å². The Morgan fingerprint density at radius 1 is 1.47 bits per heavy atom. The normalized spacial score (nSPS) is 9.58. The van der Waals surface area contributed by atoms with Crippen LogP contribution in [0.2, 0.25) is 0 Å². The van der Waals surface area contributed by atoms with Crippen molar-refractivity contribution in [1.82, 2.24) is 4.98 Å². The molecule has 2 aromatic heterocycles. The Morgan fingerprint density at radius 3 is 3.00 bits per heavy atom. The van der Waals surface area contributed by atoms with Crippen molar-refractivity contribution in [3.63, 3.8) is 0 Å². The zero-order chi connectivity index (χ0) is 13.7. The van der Waals surface area contributed by atoms with Crippen molar-refractivity contribution in [2.45, 2.75) is 6.92 Å². The molecule has 1 amide bonds. The number of carbonyl (C=O) groups excluding carboxylic acids is 1. The van der Waals surface area contributed by atoms with Gasteiger partial charge in [0.1, 0.15) is 11.5 Å². The maximum absolute atomic E-state index is 12.1. The average molecular weight is 272 g/mol. The molecule has 96 valence electrons. The Bertz CT molecular complexity index is 635. The number of thiophene rings is 1. The third-order valence-corrected chi connectivity index (χ3v) is 3.26. The fraction of sp³-hybridized carbons (Fsp3) is 0.143. The van der Waals surface area contributed by atoms with E-state index in [-0.39, 0.29) is 12.5 Å². The number of aliphatic hydroxyl groups excluding tert-OH is 1. The van der Waals surface area contributed by atoms with E-state index in [0.29, 0.717) is 16.1 Å². The molecule has 19 heavy (non-hydrogen) atoms. The van der Waals surface area contributed by atoms with Crippen LogP contribution in [0.25, 0.3) is 0 Å². The summed E-state index contributed by atoms with van der Waals surface area (Å²) in [6, 6.07) is 5.39. The van der Waals surface area contributed by atoms with Gasteiger partial charge in [-0.3, -0.25) is 9.78 Å². The largest absolute Gasteiger partial charge is 0.384 e. The molecule has 0 saturated carbocycles. The van der Waals surface area contributed by atoms with Crippen LogP contribution in [0.1, 0.15) is 20.9 Å². The van der Waals surface area contributed by atoms with Crippen LogP contribution in [-0.4, -0.2) is 22.6 Å². The van der Waals surface area contributed by atoms with Crippen LogP contribution in [-0.2, 0) is 0 Å². The molecule has 0 fully saturated rings. The zero-order valence-corrected chi connectivity index (χ0v) is 11.1. The van der Waals surface area contributed by atoms with Gasteiger partial charge in [0.05, 0.1) is 11.9 Å². The lowest BCUT2D eigenvalue weighted by molar-refractivity contribution is 0.103. The summed E-state index contributed by atoms with van der Waals surface area (Å²) in [7, 11) is 0. The third kappa shape index (κ3) is 3.41. The summed E-state index contributed by atoms with van der Waals surface area (Å²) in [5, 5.41) is 13.2. The van der Waals surface area contributed by atoms with Crippen LogP contribution >= 0.6 is 11.3 Å². The summed E-state index contributed by atoms with van der Waals surface area (Å²) in [6.45, 7) is 1.66. The van der Waals surface area contributed by atoms with Gasteiger partial charge in [-0.25, -0.2) is 0 Å². The second-order valence-corrected chi connectivity index (χ2v) is 4.68. The standard InChI is InChI=1S/C14H12N2O2S/c1-10-4-5-12(9-15-10)16-14(18)13-11(3-2-7-17)6-8-19-13/h4-6,8-9,17H,7H2,1H3,(H,16,18). The second kappa shape index (κ2) is 6.14. The number of aryl methyl sites for hydroxylation is 1. The highest BCUT2D eigenvalue weighted by Crippen LogP contribution is 2.18. The number of amides is 1. The third-order valence-electron chi connectivity index (χ3n) is 2.34. The first-order valence-electron chi connectivity index (χ1n) is 5.62. The highest BCUT2D eigenvalue weighted by molar-refractivity contribution is 7.12. The number of hydrogen-bond acceptors (Lipinski definition) is 4. The lowest BCUT2D eigenvalue weighted by atomic mass is 10.2. The van der Waals surface area contributed by atoms with E-state index in [4.69, 9.17) is 5.11 Å². The molecule has 2 rings (SSSR count). The number of pyridine rings is 1.